The van der Waals surface area contributed by atoms with Crippen LogP contribution in [0.1, 0.15) is 64.7 Å². The molecule has 2 unspecified atom stereocenters. The van der Waals surface area contributed by atoms with E-state index in [9.17, 15) is 14.4 Å². The molecule has 0 aliphatic heterocycles. The Balaban J connectivity index is 4.24. The van der Waals surface area contributed by atoms with Crippen molar-refractivity contribution in [3.63, 3.8) is 0 Å². The smallest absolute Gasteiger partial charge is 0.307 e. The van der Waals surface area contributed by atoms with Gasteiger partial charge in [0.1, 0.15) is 0 Å². The van der Waals surface area contributed by atoms with E-state index < -0.39 is 36.2 Å². The molecule has 0 heterocycles. The molecule has 0 aliphatic rings. The maximum absolute atomic E-state index is 11.2. The SMILES string of the molecule is CCCCCCCCC(CC(CC(=O)O)C(=O)O)C(=O)O. The lowest BCUT2D eigenvalue weighted by Gasteiger charge is -2.16. The number of carboxylic acid groups (broad SMARTS) is 3. The van der Waals surface area contributed by atoms with Crippen molar-refractivity contribution in [1.29, 1.82) is 0 Å². The molecule has 0 aromatic rings. The summed E-state index contributed by atoms with van der Waals surface area (Å²) in [7, 11) is 0. The average molecular weight is 302 g/mol. The highest BCUT2D eigenvalue weighted by Gasteiger charge is 2.28. The lowest BCUT2D eigenvalue weighted by molar-refractivity contribution is -0.151. The van der Waals surface area contributed by atoms with Crippen LogP contribution in [-0.2, 0) is 14.4 Å². The molecule has 6 nitrogen and oxygen atoms in total. The molecule has 122 valence electrons. The molecule has 0 aromatic heterocycles. The second kappa shape index (κ2) is 11.1. The summed E-state index contributed by atoms with van der Waals surface area (Å²) in [6.45, 7) is 2.12. The van der Waals surface area contributed by atoms with Crippen LogP contribution >= 0.6 is 0 Å². The summed E-state index contributed by atoms with van der Waals surface area (Å²) in [4.78, 5) is 32.8. The van der Waals surface area contributed by atoms with Crippen molar-refractivity contribution in [2.45, 2.75) is 64.7 Å². The molecule has 0 fully saturated rings. The molecular weight excluding hydrogens is 276 g/mol. The van der Waals surface area contributed by atoms with E-state index in [2.05, 4.69) is 6.92 Å². The number of hydrogen-bond acceptors (Lipinski definition) is 3. The average Bonchev–Trinajstić information content (AvgIpc) is 2.39. The first-order valence-corrected chi connectivity index (χ1v) is 7.55. The van der Waals surface area contributed by atoms with Gasteiger partial charge < -0.3 is 15.3 Å². The molecule has 0 saturated heterocycles. The van der Waals surface area contributed by atoms with E-state index in [-0.39, 0.29) is 6.42 Å². The molecule has 0 spiro atoms. The van der Waals surface area contributed by atoms with Gasteiger partial charge in [-0.3, -0.25) is 14.4 Å². The Bertz CT molecular complexity index is 339. The molecule has 0 amide bonds. The Morgan fingerprint density at radius 3 is 1.81 bits per heavy atom. The lowest BCUT2D eigenvalue weighted by Crippen LogP contribution is -2.25. The number of hydrogen-bond donors (Lipinski definition) is 3. The topological polar surface area (TPSA) is 112 Å². The largest absolute Gasteiger partial charge is 0.481 e. The summed E-state index contributed by atoms with van der Waals surface area (Å²) < 4.78 is 0. The van der Waals surface area contributed by atoms with Gasteiger partial charge in [-0.05, 0) is 12.8 Å². The summed E-state index contributed by atoms with van der Waals surface area (Å²) in [6, 6.07) is 0. The zero-order valence-electron chi connectivity index (χ0n) is 12.6. The van der Waals surface area contributed by atoms with Crippen LogP contribution in [0.5, 0.6) is 0 Å². The van der Waals surface area contributed by atoms with E-state index in [4.69, 9.17) is 15.3 Å². The van der Waals surface area contributed by atoms with E-state index in [1.54, 1.807) is 0 Å². The van der Waals surface area contributed by atoms with E-state index in [1.807, 2.05) is 0 Å². The zero-order valence-corrected chi connectivity index (χ0v) is 12.6. The monoisotopic (exact) mass is 302 g/mol. The van der Waals surface area contributed by atoms with Crippen LogP contribution in [0.4, 0.5) is 0 Å². The predicted molar refractivity (Wildman–Crippen MR) is 77.1 cm³/mol. The minimum absolute atomic E-state index is 0.119. The van der Waals surface area contributed by atoms with E-state index in [0.717, 1.165) is 32.1 Å². The molecule has 0 radical (unpaired) electrons. The summed E-state index contributed by atoms with van der Waals surface area (Å²) in [5, 5.41) is 26.8. The van der Waals surface area contributed by atoms with Gasteiger partial charge in [0.25, 0.3) is 0 Å². The third kappa shape index (κ3) is 9.87. The minimum atomic E-state index is -1.24. The van der Waals surface area contributed by atoms with Crippen LogP contribution in [0.3, 0.4) is 0 Å². The highest BCUT2D eigenvalue weighted by Crippen LogP contribution is 2.22. The standard InChI is InChI=1S/C15H26O6/c1-2-3-4-5-6-7-8-11(14(18)19)9-12(15(20)21)10-13(16)17/h11-12H,2-10H2,1H3,(H,16,17)(H,18,19)(H,20,21). The maximum atomic E-state index is 11.2. The molecular formula is C15H26O6. The van der Waals surface area contributed by atoms with Crippen molar-refractivity contribution in [2.75, 3.05) is 0 Å². The molecule has 21 heavy (non-hydrogen) atoms. The Morgan fingerprint density at radius 2 is 1.33 bits per heavy atom. The second-order valence-corrected chi connectivity index (χ2v) is 5.46. The van der Waals surface area contributed by atoms with Gasteiger partial charge in [-0.25, -0.2) is 0 Å². The first kappa shape index (κ1) is 19.4. The third-order valence-corrected chi connectivity index (χ3v) is 3.59. The first-order valence-electron chi connectivity index (χ1n) is 7.55. The zero-order chi connectivity index (χ0) is 16.3. The fourth-order valence-electron chi connectivity index (χ4n) is 2.34. The summed E-state index contributed by atoms with van der Waals surface area (Å²) in [6.07, 6.45) is 5.92. The fourth-order valence-corrected chi connectivity index (χ4v) is 2.34. The molecule has 2 atom stereocenters. The van der Waals surface area contributed by atoms with Gasteiger partial charge in [0.2, 0.25) is 0 Å². The summed E-state index contributed by atoms with van der Waals surface area (Å²) in [5.74, 6) is -5.42. The maximum Gasteiger partial charge on any atom is 0.307 e. The Hall–Kier alpha value is -1.59. The van der Waals surface area contributed by atoms with Gasteiger partial charge in [-0.2, -0.15) is 0 Å². The molecule has 0 aliphatic carbocycles. The van der Waals surface area contributed by atoms with Crippen molar-refractivity contribution in [1.82, 2.24) is 0 Å². The van der Waals surface area contributed by atoms with Crippen molar-refractivity contribution in [3.8, 4) is 0 Å². The van der Waals surface area contributed by atoms with Crippen LogP contribution < -0.4 is 0 Å². The van der Waals surface area contributed by atoms with Gasteiger partial charge in [0.05, 0.1) is 18.3 Å². The van der Waals surface area contributed by atoms with Crippen LogP contribution in [0.15, 0.2) is 0 Å². The number of rotatable bonds is 13. The quantitative estimate of drug-likeness (QED) is 0.451. The summed E-state index contributed by atoms with van der Waals surface area (Å²) in [5.41, 5.74) is 0. The van der Waals surface area contributed by atoms with Crippen LogP contribution in [0, 0.1) is 11.8 Å². The summed E-state index contributed by atoms with van der Waals surface area (Å²) >= 11 is 0. The van der Waals surface area contributed by atoms with Gasteiger partial charge in [-0.1, -0.05) is 45.4 Å². The predicted octanol–water partition coefficient (Wildman–Crippen LogP) is 3.00. The second-order valence-electron chi connectivity index (χ2n) is 5.46. The number of unbranched alkanes of at least 4 members (excludes halogenated alkanes) is 5. The molecule has 0 aromatic carbocycles. The first-order chi connectivity index (χ1) is 9.88. The minimum Gasteiger partial charge on any atom is -0.481 e. The third-order valence-electron chi connectivity index (χ3n) is 3.59. The highest BCUT2D eigenvalue weighted by molar-refractivity contribution is 5.78. The van der Waals surface area contributed by atoms with Crippen LogP contribution in [0.2, 0.25) is 0 Å². The Morgan fingerprint density at radius 1 is 0.810 bits per heavy atom. The van der Waals surface area contributed by atoms with Crippen molar-refractivity contribution in [2.24, 2.45) is 11.8 Å². The molecule has 6 heteroatoms. The molecule has 0 saturated carbocycles. The van der Waals surface area contributed by atoms with Gasteiger partial charge in [0.15, 0.2) is 0 Å². The number of aliphatic carboxylic acids is 3. The normalized spacial score (nSPS) is 13.6. The van der Waals surface area contributed by atoms with Gasteiger partial charge in [-0.15, -0.1) is 0 Å². The van der Waals surface area contributed by atoms with E-state index in [0.29, 0.717) is 6.42 Å². The number of carboxylic acids is 3. The number of carbonyl (C=O) groups is 3. The van der Waals surface area contributed by atoms with Gasteiger partial charge in [0, 0.05) is 0 Å². The molecule has 0 bridgehead atoms. The fraction of sp³-hybridized carbons (Fsp3) is 0.800. The van der Waals surface area contributed by atoms with Gasteiger partial charge >= 0.3 is 17.9 Å². The lowest BCUT2D eigenvalue weighted by atomic mass is 9.88. The highest BCUT2D eigenvalue weighted by atomic mass is 16.4. The van der Waals surface area contributed by atoms with Crippen molar-refractivity contribution in [3.05, 3.63) is 0 Å². The van der Waals surface area contributed by atoms with E-state index >= 15 is 0 Å². The molecule has 3 N–H and O–H groups in total. The Kier molecular flexibility index (Phi) is 10.3. The van der Waals surface area contributed by atoms with E-state index in [1.165, 1.54) is 6.42 Å². The molecule has 0 rings (SSSR count). The van der Waals surface area contributed by atoms with Crippen molar-refractivity contribution >= 4 is 17.9 Å². The van der Waals surface area contributed by atoms with Crippen LogP contribution in [-0.4, -0.2) is 33.2 Å². The van der Waals surface area contributed by atoms with Crippen LogP contribution in [0.25, 0.3) is 0 Å². The van der Waals surface area contributed by atoms with Crippen molar-refractivity contribution < 1.29 is 29.7 Å². The Labute approximate surface area is 125 Å².